The Morgan fingerprint density at radius 2 is 2.20 bits per heavy atom. The molecule has 1 heterocycles. The van der Waals surface area contributed by atoms with Gasteiger partial charge in [-0.1, -0.05) is 44.3 Å². The number of aromatic nitrogens is 1. The Labute approximate surface area is 154 Å². The molecule has 0 aliphatic carbocycles. The molecule has 0 aliphatic rings. The third-order valence-corrected chi connectivity index (χ3v) is 4.26. The minimum Gasteiger partial charge on any atom is -0.467 e. The number of aliphatic hydroxyl groups excluding tert-OH is 1. The van der Waals surface area contributed by atoms with Crippen molar-refractivity contribution >= 4 is 17.2 Å². The van der Waals surface area contributed by atoms with Crippen LogP contribution in [0.15, 0.2) is 18.3 Å². The van der Waals surface area contributed by atoms with Crippen molar-refractivity contribution in [2.24, 2.45) is 0 Å². The summed E-state index contributed by atoms with van der Waals surface area (Å²) in [5.41, 5.74) is 0. The number of hydrogen-bond donors (Lipinski definition) is 3. The molecular formula is C18H31N3O3S. The van der Waals surface area contributed by atoms with E-state index >= 15 is 0 Å². The van der Waals surface area contributed by atoms with Crippen LogP contribution in [-0.2, 0) is 0 Å². The fraction of sp³-hybridized carbons (Fsp3) is 0.667. The number of allylic oxidation sites excluding steroid dienone is 2. The standard InChI is InChI=1S/C18H31N3O3S/c1-4-5-6-7-8-9-10-19-17(23)16-12-21-18(25-16)24-13-15(22)11-20-14(2)3/h5-6,12,14-15,20,22H,4,7-11,13H2,1-3H3,(H,19,23)/b6-5+. The van der Waals surface area contributed by atoms with Gasteiger partial charge in [0, 0.05) is 19.1 Å². The van der Waals surface area contributed by atoms with Crippen molar-refractivity contribution in [2.75, 3.05) is 19.7 Å². The third kappa shape index (κ3) is 10.2. The molecule has 1 amide bonds. The lowest BCUT2D eigenvalue weighted by atomic mass is 10.2. The smallest absolute Gasteiger partial charge is 0.273 e. The lowest BCUT2D eigenvalue weighted by molar-refractivity contribution is 0.0957. The fourth-order valence-corrected chi connectivity index (χ4v) is 2.68. The van der Waals surface area contributed by atoms with Gasteiger partial charge in [-0.25, -0.2) is 4.98 Å². The van der Waals surface area contributed by atoms with Gasteiger partial charge >= 0.3 is 0 Å². The van der Waals surface area contributed by atoms with E-state index in [9.17, 15) is 9.90 Å². The van der Waals surface area contributed by atoms with E-state index in [1.807, 2.05) is 13.8 Å². The number of ether oxygens (including phenoxy) is 1. The van der Waals surface area contributed by atoms with E-state index in [1.54, 1.807) is 0 Å². The summed E-state index contributed by atoms with van der Waals surface area (Å²) >= 11 is 1.19. The zero-order chi connectivity index (χ0) is 18.5. The van der Waals surface area contributed by atoms with Crippen LogP contribution in [0, 0.1) is 0 Å². The second kappa shape index (κ2) is 12.9. The summed E-state index contributed by atoms with van der Waals surface area (Å²) in [6, 6.07) is 0.312. The Balaban J connectivity index is 2.22. The van der Waals surface area contributed by atoms with Crippen LogP contribution in [0.1, 0.15) is 56.1 Å². The van der Waals surface area contributed by atoms with Crippen molar-refractivity contribution in [2.45, 2.75) is 58.6 Å². The van der Waals surface area contributed by atoms with Crippen molar-refractivity contribution in [1.82, 2.24) is 15.6 Å². The summed E-state index contributed by atoms with van der Waals surface area (Å²) in [7, 11) is 0. The summed E-state index contributed by atoms with van der Waals surface area (Å²) in [6.45, 7) is 7.42. The molecule has 1 aromatic rings. The Hall–Kier alpha value is -1.44. The predicted molar refractivity (Wildman–Crippen MR) is 102 cm³/mol. The maximum Gasteiger partial charge on any atom is 0.273 e. The summed E-state index contributed by atoms with van der Waals surface area (Å²) < 4.78 is 5.44. The average molecular weight is 370 g/mol. The highest BCUT2D eigenvalue weighted by molar-refractivity contribution is 7.15. The third-order valence-electron chi connectivity index (χ3n) is 3.35. The molecule has 1 atom stereocenters. The van der Waals surface area contributed by atoms with Crippen molar-refractivity contribution < 1.29 is 14.6 Å². The molecule has 1 rings (SSSR count). The summed E-state index contributed by atoms with van der Waals surface area (Å²) in [5.74, 6) is -0.126. The van der Waals surface area contributed by atoms with Crippen LogP contribution in [0.4, 0.5) is 0 Å². The van der Waals surface area contributed by atoms with Gasteiger partial charge in [0.15, 0.2) is 0 Å². The molecule has 7 heteroatoms. The highest BCUT2D eigenvalue weighted by Crippen LogP contribution is 2.20. The summed E-state index contributed by atoms with van der Waals surface area (Å²) in [4.78, 5) is 16.6. The molecule has 1 unspecified atom stereocenters. The fourth-order valence-electron chi connectivity index (χ4n) is 1.99. The van der Waals surface area contributed by atoms with Crippen LogP contribution in [0.25, 0.3) is 0 Å². The first-order valence-electron chi connectivity index (χ1n) is 8.96. The van der Waals surface area contributed by atoms with Gasteiger partial charge in [0.1, 0.15) is 17.6 Å². The first kappa shape index (κ1) is 21.6. The maximum absolute atomic E-state index is 12.0. The molecule has 142 valence electrons. The number of nitrogens with zero attached hydrogens (tertiary/aromatic N) is 1. The molecule has 0 aromatic carbocycles. The zero-order valence-electron chi connectivity index (χ0n) is 15.5. The quantitative estimate of drug-likeness (QED) is 0.368. The summed E-state index contributed by atoms with van der Waals surface area (Å²) in [6.07, 6.45) is 9.39. The number of nitrogens with one attached hydrogen (secondary N) is 2. The van der Waals surface area contributed by atoms with Crippen molar-refractivity contribution in [3.63, 3.8) is 0 Å². The molecule has 25 heavy (non-hydrogen) atoms. The van der Waals surface area contributed by atoms with Crippen LogP contribution >= 0.6 is 11.3 Å². The number of carbonyl (C=O) groups excluding carboxylic acids is 1. The molecule has 3 N–H and O–H groups in total. The molecule has 0 bridgehead atoms. The Bertz CT molecular complexity index is 517. The van der Waals surface area contributed by atoms with E-state index in [0.29, 0.717) is 29.2 Å². The summed E-state index contributed by atoms with van der Waals surface area (Å²) in [5, 5.41) is 16.2. The van der Waals surface area contributed by atoms with Gasteiger partial charge in [-0.3, -0.25) is 4.79 Å². The van der Waals surface area contributed by atoms with Crippen molar-refractivity contribution in [3.8, 4) is 5.19 Å². The SMILES string of the molecule is CC/C=C/CCCCNC(=O)c1cnc(OCC(O)CNC(C)C)s1. The lowest BCUT2D eigenvalue weighted by Crippen LogP contribution is -2.35. The Morgan fingerprint density at radius 3 is 2.92 bits per heavy atom. The number of amides is 1. The van der Waals surface area contributed by atoms with Gasteiger partial charge in [0.2, 0.25) is 0 Å². The number of hydrogen-bond acceptors (Lipinski definition) is 6. The monoisotopic (exact) mass is 369 g/mol. The van der Waals surface area contributed by atoms with E-state index in [2.05, 4.69) is 34.7 Å². The van der Waals surface area contributed by atoms with Gasteiger partial charge in [-0.15, -0.1) is 0 Å². The number of rotatable bonds is 13. The first-order valence-corrected chi connectivity index (χ1v) is 9.77. The number of carbonyl (C=O) groups is 1. The van der Waals surface area contributed by atoms with Gasteiger partial charge in [-0.2, -0.15) is 0 Å². The van der Waals surface area contributed by atoms with E-state index < -0.39 is 6.10 Å². The first-order chi connectivity index (χ1) is 12.0. The molecule has 0 saturated heterocycles. The number of aliphatic hydroxyl groups is 1. The Kier molecular flexibility index (Phi) is 11.1. The van der Waals surface area contributed by atoms with E-state index in [-0.39, 0.29) is 12.5 Å². The molecule has 6 nitrogen and oxygen atoms in total. The minimum absolute atomic E-state index is 0.126. The van der Waals surface area contributed by atoms with Crippen LogP contribution in [-0.4, -0.2) is 47.8 Å². The van der Waals surface area contributed by atoms with Crippen LogP contribution < -0.4 is 15.4 Å². The zero-order valence-corrected chi connectivity index (χ0v) is 16.3. The Morgan fingerprint density at radius 1 is 1.40 bits per heavy atom. The van der Waals surface area contributed by atoms with Crippen LogP contribution in [0.2, 0.25) is 0 Å². The van der Waals surface area contributed by atoms with E-state index in [1.165, 1.54) is 17.5 Å². The topological polar surface area (TPSA) is 83.5 Å². The largest absolute Gasteiger partial charge is 0.467 e. The highest BCUT2D eigenvalue weighted by Gasteiger charge is 2.12. The molecule has 0 saturated carbocycles. The number of unbranched alkanes of at least 4 members (excludes halogenated alkanes) is 2. The molecule has 0 radical (unpaired) electrons. The van der Waals surface area contributed by atoms with Gasteiger partial charge in [0.05, 0.1) is 6.20 Å². The second-order valence-electron chi connectivity index (χ2n) is 6.15. The molecule has 0 aliphatic heterocycles. The lowest BCUT2D eigenvalue weighted by Gasteiger charge is -2.13. The van der Waals surface area contributed by atoms with Crippen molar-refractivity contribution in [1.29, 1.82) is 0 Å². The second-order valence-corrected chi connectivity index (χ2v) is 7.14. The van der Waals surface area contributed by atoms with Gasteiger partial charge < -0.3 is 20.5 Å². The van der Waals surface area contributed by atoms with Crippen molar-refractivity contribution in [3.05, 3.63) is 23.2 Å². The van der Waals surface area contributed by atoms with Crippen LogP contribution in [0.3, 0.4) is 0 Å². The normalized spacial score (nSPS) is 12.7. The molecule has 0 fully saturated rings. The highest BCUT2D eigenvalue weighted by atomic mass is 32.1. The predicted octanol–water partition coefficient (Wildman–Crippen LogP) is 2.75. The molecule has 1 aromatic heterocycles. The molecular weight excluding hydrogens is 338 g/mol. The molecule has 0 spiro atoms. The number of thiazole rings is 1. The van der Waals surface area contributed by atoms with Gasteiger partial charge in [0.25, 0.3) is 11.1 Å². The average Bonchev–Trinajstić information content (AvgIpc) is 3.06. The van der Waals surface area contributed by atoms with Crippen LogP contribution in [0.5, 0.6) is 5.19 Å². The maximum atomic E-state index is 12.0. The van der Waals surface area contributed by atoms with E-state index in [4.69, 9.17) is 4.74 Å². The van der Waals surface area contributed by atoms with E-state index in [0.717, 1.165) is 25.7 Å². The van der Waals surface area contributed by atoms with Gasteiger partial charge in [-0.05, 0) is 25.7 Å². The minimum atomic E-state index is -0.606.